The summed E-state index contributed by atoms with van der Waals surface area (Å²) in [5, 5.41) is 3.24. The normalized spacial score (nSPS) is 12.1. The Morgan fingerprint density at radius 1 is 1.03 bits per heavy atom. The van der Waals surface area contributed by atoms with Crippen LogP contribution in [0.25, 0.3) is 11.4 Å². The highest BCUT2D eigenvalue weighted by Gasteiger charge is 2.38. The SMILES string of the molecule is O=C(CS(=O)(=O)NCc1ccccc1)c1ccc(-c2noc(C(F)(F)F)n2)cc1. The molecule has 0 spiro atoms. The van der Waals surface area contributed by atoms with Crippen molar-refractivity contribution < 1.29 is 30.9 Å². The maximum Gasteiger partial charge on any atom is 0.471 e. The van der Waals surface area contributed by atoms with E-state index in [1.807, 2.05) is 0 Å². The van der Waals surface area contributed by atoms with Gasteiger partial charge in [0, 0.05) is 17.7 Å². The second kappa shape index (κ2) is 8.13. The number of aromatic nitrogens is 2. The van der Waals surface area contributed by atoms with E-state index in [0.717, 1.165) is 5.56 Å². The summed E-state index contributed by atoms with van der Waals surface area (Å²) in [5.41, 5.74) is 1.01. The monoisotopic (exact) mass is 425 g/mol. The van der Waals surface area contributed by atoms with Gasteiger partial charge in [0.15, 0.2) is 5.78 Å². The Bertz CT molecular complexity index is 1100. The van der Waals surface area contributed by atoms with E-state index in [0.29, 0.717) is 0 Å². The van der Waals surface area contributed by atoms with Gasteiger partial charge in [-0.25, -0.2) is 13.1 Å². The minimum Gasteiger partial charge on any atom is -0.329 e. The predicted octanol–water partition coefficient (Wildman–Crippen LogP) is 3.06. The Labute approximate surface area is 163 Å². The molecule has 0 radical (unpaired) electrons. The Morgan fingerprint density at radius 2 is 1.69 bits per heavy atom. The van der Waals surface area contributed by atoms with Gasteiger partial charge in [-0.1, -0.05) is 59.8 Å². The number of sulfonamides is 1. The van der Waals surface area contributed by atoms with Crippen LogP contribution in [0.4, 0.5) is 13.2 Å². The number of hydrogen-bond donors (Lipinski definition) is 1. The number of carbonyl (C=O) groups excluding carboxylic acids is 1. The first-order valence-corrected chi connectivity index (χ1v) is 9.85. The molecule has 0 saturated heterocycles. The summed E-state index contributed by atoms with van der Waals surface area (Å²) in [4.78, 5) is 15.5. The van der Waals surface area contributed by atoms with Crippen LogP contribution >= 0.6 is 0 Å². The lowest BCUT2D eigenvalue weighted by Crippen LogP contribution is -2.29. The molecule has 0 aliphatic rings. The molecule has 152 valence electrons. The molecule has 1 aromatic heterocycles. The summed E-state index contributed by atoms with van der Waals surface area (Å²) in [7, 11) is -3.87. The van der Waals surface area contributed by atoms with Crippen molar-refractivity contribution in [3.05, 3.63) is 71.6 Å². The Balaban J connectivity index is 1.64. The molecule has 2 aromatic carbocycles. The molecular weight excluding hydrogens is 411 g/mol. The number of Topliss-reactive ketones (excluding diaryl/α,β-unsaturated/α-hetero) is 1. The first-order chi connectivity index (χ1) is 13.6. The topological polar surface area (TPSA) is 102 Å². The number of nitrogens with zero attached hydrogens (tertiary/aromatic N) is 2. The van der Waals surface area contributed by atoms with Crippen molar-refractivity contribution in [2.24, 2.45) is 0 Å². The summed E-state index contributed by atoms with van der Waals surface area (Å²) in [6.45, 7) is 0.0504. The molecule has 0 saturated carbocycles. The van der Waals surface area contributed by atoms with Crippen molar-refractivity contribution in [1.29, 1.82) is 0 Å². The molecule has 0 bridgehead atoms. The lowest BCUT2D eigenvalue weighted by Gasteiger charge is -2.07. The number of rotatable bonds is 7. The smallest absolute Gasteiger partial charge is 0.329 e. The van der Waals surface area contributed by atoms with Gasteiger partial charge >= 0.3 is 12.1 Å². The molecule has 0 unspecified atom stereocenters. The first kappa shape index (κ1) is 20.7. The minimum absolute atomic E-state index is 0.0504. The van der Waals surface area contributed by atoms with Gasteiger partial charge in [0.2, 0.25) is 15.8 Å². The molecule has 1 N–H and O–H groups in total. The number of nitrogens with one attached hydrogen (secondary N) is 1. The van der Waals surface area contributed by atoms with Crippen LogP contribution in [0.3, 0.4) is 0 Å². The second-order valence-corrected chi connectivity index (χ2v) is 7.79. The van der Waals surface area contributed by atoms with Crippen LogP contribution in [0.2, 0.25) is 0 Å². The Kier molecular flexibility index (Phi) is 5.80. The molecule has 0 aliphatic carbocycles. The third kappa shape index (κ3) is 5.48. The molecule has 3 rings (SSSR count). The molecule has 0 aliphatic heterocycles. The van der Waals surface area contributed by atoms with E-state index < -0.39 is 33.6 Å². The Morgan fingerprint density at radius 3 is 2.28 bits per heavy atom. The van der Waals surface area contributed by atoms with Crippen LogP contribution in [0.15, 0.2) is 59.1 Å². The van der Waals surface area contributed by atoms with Crippen LogP contribution in [0, 0.1) is 0 Å². The standard InChI is InChI=1S/C18H14F3N3O4S/c19-18(20,21)17-23-16(24-28-17)14-8-6-13(7-9-14)15(25)11-29(26,27)22-10-12-4-2-1-3-5-12/h1-9,22H,10-11H2. The van der Waals surface area contributed by atoms with Gasteiger partial charge in [-0.2, -0.15) is 18.2 Å². The molecule has 0 amide bonds. The van der Waals surface area contributed by atoms with Crippen LogP contribution in [-0.2, 0) is 22.7 Å². The van der Waals surface area contributed by atoms with Crippen LogP contribution in [0.5, 0.6) is 0 Å². The predicted molar refractivity (Wildman–Crippen MR) is 96.1 cm³/mol. The molecule has 0 fully saturated rings. The van der Waals surface area contributed by atoms with E-state index in [4.69, 9.17) is 0 Å². The van der Waals surface area contributed by atoms with Crippen molar-refractivity contribution in [3.63, 3.8) is 0 Å². The third-order valence-electron chi connectivity index (χ3n) is 3.79. The second-order valence-electron chi connectivity index (χ2n) is 5.99. The van der Waals surface area contributed by atoms with Crippen molar-refractivity contribution in [3.8, 4) is 11.4 Å². The van der Waals surface area contributed by atoms with E-state index in [9.17, 15) is 26.4 Å². The van der Waals surface area contributed by atoms with E-state index in [-0.39, 0.29) is 23.5 Å². The largest absolute Gasteiger partial charge is 0.471 e. The van der Waals surface area contributed by atoms with Gasteiger partial charge in [0.05, 0.1) is 0 Å². The van der Waals surface area contributed by atoms with Gasteiger partial charge < -0.3 is 4.52 Å². The molecule has 29 heavy (non-hydrogen) atoms. The van der Waals surface area contributed by atoms with Gasteiger partial charge in [0.25, 0.3) is 0 Å². The summed E-state index contributed by atoms with van der Waals surface area (Å²) in [6.07, 6.45) is -4.76. The quantitative estimate of drug-likeness (QED) is 0.584. The van der Waals surface area contributed by atoms with E-state index in [1.165, 1.54) is 24.3 Å². The summed E-state index contributed by atoms with van der Waals surface area (Å²) >= 11 is 0. The zero-order chi connectivity index (χ0) is 21.1. The van der Waals surface area contributed by atoms with Crippen molar-refractivity contribution >= 4 is 15.8 Å². The highest BCUT2D eigenvalue weighted by molar-refractivity contribution is 7.90. The number of ketones is 1. The lowest BCUT2D eigenvalue weighted by atomic mass is 10.1. The number of halogens is 3. The van der Waals surface area contributed by atoms with Gasteiger partial charge in [-0.15, -0.1) is 0 Å². The van der Waals surface area contributed by atoms with E-state index in [2.05, 4.69) is 19.4 Å². The Hall–Kier alpha value is -3.05. The van der Waals surface area contributed by atoms with Gasteiger partial charge in [-0.3, -0.25) is 4.79 Å². The van der Waals surface area contributed by atoms with E-state index >= 15 is 0 Å². The van der Waals surface area contributed by atoms with Gasteiger partial charge in [-0.05, 0) is 5.56 Å². The average Bonchev–Trinajstić information content (AvgIpc) is 3.18. The van der Waals surface area contributed by atoms with Crippen LogP contribution in [0.1, 0.15) is 21.8 Å². The lowest BCUT2D eigenvalue weighted by molar-refractivity contribution is -0.159. The van der Waals surface area contributed by atoms with Crippen LogP contribution in [-0.4, -0.2) is 30.1 Å². The number of carbonyl (C=O) groups is 1. The fraction of sp³-hybridized carbons (Fsp3) is 0.167. The molecule has 7 nitrogen and oxygen atoms in total. The maximum absolute atomic E-state index is 12.5. The maximum atomic E-state index is 12.5. The summed E-state index contributed by atoms with van der Waals surface area (Å²) < 4.78 is 68.2. The number of alkyl halides is 3. The van der Waals surface area contributed by atoms with Crippen LogP contribution < -0.4 is 4.72 Å². The number of benzene rings is 2. The zero-order valence-electron chi connectivity index (χ0n) is 14.7. The van der Waals surface area contributed by atoms with Crippen molar-refractivity contribution in [2.75, 3.05) is 5.75 Å². The van der Waals surface area contributed by atoms with E-state index in [1.54, 1.807) is 30.3 Å². The fourth-order valence-corrected chi connectivity index (χ4v) is 3.36. The average molecular weight is 425 g/mol. The first-order valence-electron chi connectivity index (χ1n) is 8.20. The molecule has 3 aromatic rings. The highest BCUT2D eigenvalue weighted by Crippen LogP contribution is 2.29. The highest BCUT2D eigenvalue weighted by atomic mass is 32.2. The molecular formula is C18H14F3N3O4S. The van der Waals surface area contributed by atoms with Crippen molar-refractivity contribution in [2.45, 2.75) is 12.7 Å². The fourth-order valence-electron chi connectivity index (χ4n) is 2.36. The third-order valence-corrected chi connectivity index (χ3v) is 5.02. The molecule has 1 heterocycles. The minimum atomic E-state index is -4.76. The summed E-state index contributed by atoms with van der Waals surface area (Å²) in [6, 6.07) is 14.0. The molecule has 11 heteroatoms. The number of hydrogen-bond acceptors (Lipinski definition) is 6. The molecule has 0 atom stereocenters. The van der Waals surface area contributed by atoms with Crippen molar-refractivity contribution in [1.82, 2.24) is 14.9 Å². The zero-order valence-corrected chi connectivity index (χ0v) is 15.5. The van der Waals surface area contributed by atoms with Gasteiger partial charge in [0.1, 0.15) is 5.75 Å². The summed E-state index contributed by atoms with van der Waals surface area (Å²) in [5.74, 6) is -3.21.